The van der Waals surface area contributed by atoms with Gasteiger partial charge >= 0.3 is 6.09 Å². The SMILES string of the molecule is O=C(NC1CCCCC1)OCc1cn(Cc2cccc(Cl)c2)c2ccccc12. The molecule has 1 aliphatic rings. The molecule has 0 spiro atoms. The minimum absolute atomic E-state index is 0.255. The van der Waals surface area contributed by atoms with Gasteiger partial charge in [-0.25, -0.2) is 4.79 Å². The third-order valence-electron chi connectivity index (χ3n) is 5.40. The molecule has 1 amide bonds. The molecule has 0 unspecified atom stereocenters. The maximum atomic E-state index is 12.2. The van der Waals surface area contributed by atoms with Crippen LogP contribution in [0.15, 0.2) is 54.7 Å². The van der Waals surface area contributed by atoms with Gasteiger partial charge in [0.05, 0.1) is 0 Å². The van der Waals surface area contributed by atoms with Crippen molar-refractivity contribution in [3.63, 3.8) is 0 Å². The Balaban J connectivity index is 1.47. The molecule has 1 heterocycles. The Kier molecular flexibility index (Phi) is 5.87. The molecule has 0 bridgehead atoms. The first-order valence-corrected chi connectivity index (χ1v) is 10.3. The predicted octanol–water partition coefficient (Wildman–Crippen LogP) is 5.90. The molecule has 1 N–H and O–H groups in total. The third kappa shape index (κ3) is 4.50. The van der Waals surface area contributed by atoms with Crippen LogP contribution >= 0.6 is 11.6 Å². The Labute approximate surface area is 170 Å². The van der Waals surface area contributed by atoms with Crippen LogP contribution in [0.3, 0.4) is 0 Å². The van der Waals surface area contributed by atoms with Crippen molar-refractivity contribution in [2.24, 2.45) is 0 Å². The molecule has 0 saturated heterocycles. The molecule has 4 nitrogen and oxygen atoms in total. The normalized spacial score (nSPS) is 14.9. The van der Waals surface area contributed by atoms with Crippen molar-refractivity contribution < 1.29 is 9.53 Å². The Morgan fingerprint density at radius 3 is 2.75 bits per heavy atom. The summed E-state index contributed by atoms with van der Waals surface area (Å²) in [5.74, 6) is 0. The first kappa shape index (κ1) is 18.9. The number of benzene rings is 2. The lowest BCUT2D eigenvalue weighted by Crippen LogP contribution is -2.36. The summed E-state index contributed by atoms with van der Waals surface area (Å²) in [6.07, 6.45) is 7.48. The van der Waals surface area contributed by atoms with Gasteiger partial charge in [0.2, 0.25) is 0 Å². The quantitative estimate of drug-likeness (QED) is 0.583. The number of ether oxygens (including phenoxy) is 1. The lowest BCUT2D eigenvalue weighted by Gasteiger charge is -2.22. The zero-order chi connectivity index (χ0) is 19.3. The number of aromatic nitrogens is 1. The van der Waals surface area contributed by atoms with Crippen molar-refractivity contribution in [2.45, 2.75) is 51.3 Å². The smallest absolute Gasteiger partial charge is 0.407 e. The van der Waals surface area contributed by atoms with Gasteiger partial charge in [0.25, 0.3) is 0 Å². The van der Waals surface area contributed by atoms with Crippen LogP contribution in [0.5, 0.6) is 0 Å². The Hall–Kier alpha value is -2.46. The molecule has 0 aliphatic heterocycles. The van der Waals surface area contributed by atoms with Crippen molar-refractivity contribution in [1.82, 2.24) is 9.88 Å². The Bertz CT molecular complexity index is 960. The zero-order valence-electron chi connectivity index (χ0n) is 15.9. The van der Waals surface area contributed by atoms with Crippen molar-refractivity contribution in [1.29, 1.82) is 0 Å². The second-order valence-corrected chi connectivity index (χ2v) is 7.92. The summed E-state index contributed by atoms with van der Waals surface area (Å²) in [6.45, 7) is 0.983. The molecule has 3 aromatic rings. The molecule has 1 aromatic heterocycles. The molecule has 5 heteroatoms. The molecule has 1 fully saturated rings. The van der Waals surface area contributed by atoms with E-state index in [9.17, 15) is 4.79 Å². The number of carbonyl (C=O) groups excluding carboxylic acids is 1. The first-order valence-electron chi connectivity index (χ1n) is 9.93. The van der Waals surface area contributed by atoms with Crippen molar-refractivity contribution in [3.8, 4) is 0 Å². The highest BCUT2D eigenvalue weighted by molar-refractivity contribution is 6.30. The van der Waals surface area contributed by atoms with Gasteiger partial charge in [0, 0.05) is 40.3 Å². The molecule has 1 aliphatic carbocycles. The summed E-state index contributed by atoms with van der Waals surface area (Å²) >= 11 is 6.13. The topological polar surface area (TPSA) is 43.3 Å². The van der Waals surface area contributed by atoms with E-state index in [1.165, 1.54) is 19.3 Å². The van der Waals surface area contributed by atoms with E-state index in [-0.39, 0.29) is 18.7 Å². The van der Waals surface area contributed by atoms with Gasteiger partial charge in [0.1, 0.15) is 6.61 Å². The molecule has 0 radical (unpaired) electrons. The summed E-state index contributed by atoms with van der Waals surface area (Å²) in [7, 11) is 0. The number of alkyl carbamates (subject to hydrolysis) is 1. The maximum absolute atomic E-state index is 12.2. The molecule has 146 valence electrons. The highest BCUT2D eigenvalue weighted by Crippen LogP contribution is 2.24. The van der Waals surface area contributed by atoms with Gasteiger partial charge in [-0.3, -0.25) is 0 Å². The van der Waals surface area contributed by atoms with Crippen molar-refractivity contribution in [3.05, 3.63) is 70.9 Å². The van der Waals surface area contributed by atoms with Crippen LogP contribution in [0.4, 0.5) is 4.79 Å². The zero-order valence-corrected chi connectivity index (χ0v) is 16.6. The number of hydrogen-bond donors (Lipinski definition) is 1. The van der Waals surface area contributed by atoms with Crippen LogP contribution in [-0.2, 0) is 17.9 Å². The van der Waals surface area contributed by atoms with Crippen LogP contribution in [0, 0.1) is 0 Å². The van der Waals surface area contributed by atoms with E-state index in [0.717, 1.165) is 46.4 Å². The van der Waals surface area contributed by atoms with E-state index >= 15 is 0 Å². The average molecular weight is 397 g/mol. The van der Waals surface area contributed by atoms with Gasteiger partial charge in [-0.15, -0.1) is 0 Å². The number of amides is 1. The number of carbonyl (C=O) groups is 1. The number of halogens is 1. The van der Waals surface area contributed by atoms with Crippen LogP contribution in [0.25, 0.3) is 10.9 Å². The van der Waals surface area contributed by atoms with Gasteiger partial charge in [0.15, 0.2) is 0 Å². The van der Waals surface area contributed by atoms with Crippen molar-refractivity contribution >= 4 is 28.6 Å². The highest BCUT2D eigenvalue weighted by atomic mass is 35.5. The summed E-state index contributed by atoms with van der Waals surface area (Å²) in [6, 6.07) is 16.3. The predicted molar refractivity (Wildman–Crippen MR) is 113 cm³/mol. The van der Waals surface area contributed by atoms with E-state index < -0.39 is 0 Å². The fourth-order valence-corrected chi connectivity index (χ4v) is 4.21. The standard InChI is InChI=1S/C23H25ClN2O2/c24-19-8-6-7-17(13-19)14-26-15-18(21-11-4-5-12-22(21)26)16-28-23(27)25-20-9-2-1-3-10-20/h4-8,11-13,15,20H,1-3,9-10,14,16H2,(H,25,27). The molecular formula is C23H25ClN2O2. The maximum Gasteiger partial charge on any atom is 0.407 e. The van der Waals surface area contributed by atoms with Crippen LogP contribution in [0.2, 0.25) is 5.02 Å². The van der Waals surface area contributed by atoms with E-state index in [2.05, 4.69) is 34.3 Å². The largest absolute Gasteiger partial charge is 0.445 e. The van der Waals surface area contributed by atoms with E-state index in [0.29, 0.717) is 0 Å². The number of nitrogens with one attached hydrogen (secondary N) is 1. The van der Waals surface area contributed by atoms with Gasteiger partial charge in [-0.2, -0.15) is 0 Å². The Morgan fingerprint density at radius 1 is 1.11 bits per heavy atom. The first-order chi connectivity index (χ1) is 13.7. The highest BCUT2D eigenvalue weighted by Gasteiger charge is 2.17. The molecule has 1 saturated carbocycles. The second-order valence-electron chi connectivity index (χ2n) is 7.48. The number of nitrogens with zero attached hydrogens (tertiary/aromatic N) is 1. The fraction of sp³-hybridized carbons (Fsp3) is 0.348. The number of fused-ring (bicyclic) bond motifs is 1. The average Bonchev–Trinajstić information content (AvgIpc) is 3.05. The Morgan fingerprint density at radius 2 is 1.93 bits per heavy atom. The van der Waals surface area contributed by atoms with E-state index in [1.54, 1.807) is 0 Å². The summed E-state index contributed by atoms with van der Waals surface area (Å²) in [5.41, 5.74) is 3.26. The molecule has 2 aromatic carbocycles. The number of rotatable bonds is 5. The summed E-state index contributed by atoms with van der Waals surface area (Å²) in [4.78, 5) is 12.2. The molecular weight excluding hydrogens is 372 g/mol. The summed E-state index contributed by atoms with van der Waals surface area (Å²) < 4.78 is 7.72. The monoisotopic (exact) mass is 396 g/mol. The van der Waals surface area contributed by atoms with E-state index in [4.69, 9.17) is 16.3 Å². The second kappa shape index (κ2) is 8.70. The van der Waals surface area contributed by atoms with Crippen LogP contribution in [0.1, 0.15) is 43.2 Å². The molecule has 4 rings (SSSR count). The minimum Gasteiger partial charge on any atom is -0.445 e. The molecule has 0 atom stereocenters. The lowest BCUT2D eigenvalue weighted by atomic mass is 9.96. The van der Waals surface area contributed by atoms with E-state index in [1.807, 2.05) is 30.3 Å². The number of para-hydroxylation sites is 1. The van der Waals surface area contributed by atoms with Crippen LogP contribution in [-0.4, -0.2) is 16.7 Å². The van der Waals surface area contributed by atoms with Gasteiger partial charge in [-0.1, -0.05) is 61.2 Å². The fourth-order valence-electron chi connectivity index (χ4n) is 4.00. The van der Waals surface area contributed by atoms with Gasteiger partial charge < -0.3 is 14.6 Å². The third-order valence-corrected chi connectivity index (χ3v) is 5.63. The van der Waals surface area contributed by atoms with Crippen LogP contribution < -0.4 is 5.32 Å². The lowest BCUT2D eigenvalue weighted by molar-refractivity contribution is 0.133. The molecule has 28 heavy (non-hydrogen) atoms. The summed E-state index contributed by atoms with van der Waals surface area (Å²) in [5, 5.41) is 4.85. The minimum atomic E-state index is -0.321. The van der Waals surface area contributed by atoms with Gasteiger partial charge in [-0.05, 0) is 36.6 Å². The number of hydrogen-bond acceptors (Lipinski definition) is 2. The van der Waals surface area contributed by atoms with Crippen molar-refractivity contribution in [2.75, 3.05) is 0 Å².